The summed E-state index contributed by atoms with van der Waals surface area (Å²) in [5.74, 6) is 0. The first-order valence-corrected chi connectivity index (χ1v) is 3.39. The minimum Gasteiger partial charge on any atom is -0.396 e. The summed E-state index contributed by atoms with van der Waals surface area (Å²) in [5.41, 5.74) is 0. The number of nitrogens with one attached hydrogen (secondary N) is 1. The Morgan fingerprint density at radius 1 is 1.67 bits per heavy atom. The van der Waals surface area contributed by atoms with Gasteiger partial charge in [0.2, 0.25) is 0 Å². The monoisotopic (exact) mass is 131 g/mol. The molecule has 0 radical (unpaired) electrons. The van der Waals surface area contributed by atoms with Gasteiger partial charge >= 0.3 is 0 Å². The normalized spacial score (nSPS) is 28.3. The van der Waals surface area contributed by atoms with Crippen molar-refractivity contribution in [3.63, 3.8) is 0 Å². The zero-order valence-corrected chi connectivity index (χ0v) is 5.47. The van der Waals surface area contributed by atoms with Crippen LogP contribution >= 0.6 is 0 Å². The molecule has 1 heterocycles. The topological polar surface area (TPSA) is 41.5 Å². The van der Waals surface area contributed by atoms with Gasteiger partial charge in [-0.2, -0.15) is 0 Å². The van der Waals surface area contributed by atoms with Crippen LogP contribution in [0.3, 0.4) is 0 Å². The summed E-state index contributed by atoms with van der Waals surface area (Å²) in [6.45, 7) is 2.06. The fourth-order valence-corrected chi connectivity index (χ4v) is 0.922. The maximum atomic E-state index is 8.50. The van der Waals surface area contributed by atoms with E-state index in [2.05, 4.69) is 5.32 Å². The molecule has 2 N–H and O–H groups in total. The van der Waals surface area contributed by atoms with E-state index in [9.17, 15) is 0 Å². The zero-order chi connectivity index (χ0) is 6.53. The van der Waals surface area contributed by atoms with E-state index in [0.29, 0.717) is 6.42 Å². The molecule has 1 aliphatic rings. The van der Waals surface area contributed by atoms with Gasteiger partial charge in [0.05, 0.1) is 0 Å². The molecule has 0 aromatic rings. The average Bonchev–Trinajstić information content (AvgIpc) is 1.91. The van der Waals surface area contributed by atoms with Crippen molar-refractivity contribution in [2.75, 3.05) is 19.8 Å². The van der Waals surface area contributed by atoms with Crippen molar-refractivity contribution in [1.82, 2.24) is 5.32 Å². The van der Waals surface area contributed by atoms with E-state index in [-0.39, 0.29) is 12.8 Å². The maximum absolute atomic E-state index is 8.50. The molecular weight excluding hydrogens is 118 g/mol. The largest absolute Gasteiger partial charge is 0.396 e. The minimum atomic E-state index is 0.101. The average molecular weight is 131 g/mol. The Morgan fingerprint density at radius 2 is 2.56 bits per heavy atom. The summed E-state index contributed by atoms with van der Waals surface area (Å²) in [7, 11) is 0. The van der Waals surface area contributed by atoms with Gasteiger partial charge in [-0.3, -0.25) is 5.32 Å². The molecule has 1 fully saturated rings. The van der Waals surface area contributed by atoms with Crippen LogP contribution in [0, 0.1) is 0 Å². The van der Waals surface area contributed by atoms with E-state index in [4.69, 9.17) is 9.84 Å². The van der Waals surface area contributed by atoms with Crippen LogP contribution in [0.15, 0.2) is 0 Å². The Labute approximate surface area is 55.0 Å². The Balaban J connectivity index is 2.08. The van der Waals surface area contributed by atoms with Crippen molar-refractivity contribution in [1.29, 1.82) is 0 Å². The van der Waals surface area contributed by atoms with E-state index in [1.54, 1.807) is 0 Å². The molecule has 3 nitrogen and oxygen atoms in total. The van der Waals surface area contributed by atoms with Crippen LogP contribution in [0.25, 0.3) is 0 Å². The second-order valence-corrected chi connectivity index (χ2v) is 2.18. The summed E-state index contributed by atoms with van der Waals surface area (Å²) >= 11 is 0. The van der Waals surface area contributed by atoms with Crippen molar-refractivity contribution < 1.29 is 9.84 Å². The fraction of sp³-hybridized carbons (Fsp3) is 1.00. The summed E-state index contributed by atoms with van der Waals surface area (Å²) < 4.78 is 5.25. The SMILES string of the molecule is OCCC1NCCCO1. The number of rotatable bonds is 2. The molecule has 9 heavy (non-hydrogen) atoms. The van der Waals surface area contributed by atoms with Gasteiger partial charge in [0.1, 0.15) is 6.23 Å². The molecule has 0 bridgehead atoms. The summed E-state index contributed by atoms with van der Waals surface area (Å²) in [6.07, 6.45) is 1.89. The standard InChI is InChI=1S/C6H13NO2/c8-4-2-6-7-3-1-5-9-6/h6-8H,1-5H2. The molecule has 3 heteroatoms. The van der Waals surface area contributed by atoms with E-state index < -0.39 is 0 Å². The van der Waals surface area contributed by atoms with Crippen molar-refractivity contribution in [2.45, 2.75) is 19.1 Å². The molecule has 0 aliphatic carbocycles. The quantitative estimate of drug-likeness (QED) is 0.541. The van der Waals surface area contributed by atoms with Gasteiger partial charge in [-0.15, -0.1) is 0 Å². The molecule has 0 aromatic heterocycles. The van der Waals surface area contributed by atoms with Gasteiger partial charge in [0.15, 0.2) is 0 Å². The highest BCUT2D eigenvalue weighted by Gasteiger charge is 2.10. The Morgan fingerprint density at radius 3 is 3.11 bits per heavy atom. The molecule has 0 saturated carbocycles. The second-order valence-electron chi connectivity index (χ2n) is 2.18. The van der Waals surface area contributed by atoms with Gasteiger partial charge in [-0.1, -0.05) is 0 Å². The molecule has 1 unspecified atom stereocenters. The van der Waals surface area contributed by atoms with Gasteiger partial charge in [-0.05, 0) is 13.0 Å². The van der Waals surface area contributed by atoms with E-state index in [1.807, 2.05) is 0 Å². The number of hydrogen-bond acceptors (Lipinski definition) is 3. The number of aliphatic hydroxyl groups excluding tert-OH is 1. The summed E-state index contributed by atoms with van der Waals surface area (Å²) in [5, 5.41) is 11.6. The first-order chi connectivity index (χ1) is 4.43. The first-order valence-electron chi connectivity index (χ1n) is 3.39. The Hall–Kier alpha value is -0.120. The predicted molar refractivity (Wildman–Crippen MR) is 34.1 cm³/mol. The summed E-state index contributed by atoms with van der Waals surface area (Å²) in [6, 6.07) is 0. The molecule has 1 atom stereocenters. The lowest BCUT2D eigenvalue weighted by molar-refractivity contribution is -0.0122. The highest BCUT2D eigenvalue weighted by molar-refractivity contribution is 4.60. The van der Waals surface area contributed by atoms with Crippen LogP contribution < -0.4 is 5.32 Å². The van der Waals surface area contributed by atoms with Crippen LogP contribution in [0.4, 0.5) is 0 Å². The van der Waals surface area contributed by atoms with Gasteiger partial charge < -0.3 is 9.84 Å². The maximum Gasteiger partial charge on any atom is 0.110 e. The second kappa shape index (κ2) is 3.82. The first kappa shape index (κ1) is 6.99. The van der Waals surface area contributed by atoms with Crippen molar-refractivity contribution in [2.24, 2.45) is 0 Å². The molecule has 1 saturated heterocycles. The lowest BCUT2D eigenvalue weighted by Gasteiger charge is -2.22. The van der Waals surface area contributed by atoms with E-state index in [0.717, 1.165) is 19.6 Å². The molecule has 1 rings (SSSR count). The van der Waals surface area contributed by atoms with Crippen molar-refractivity contribution in [3.05, 3.63) is 0 Å². The number of aliphatic hydroxyl groups is 1. The zero-order valence-electron chi connectivity index (χ0n) is 5.47. The smallest absolute Gasteiger partial charge is 0.110 e. The minimum absolute atomic E-state index is 0.101. The number of ether oxygens (including phenoxy) is 1. The number of hydrogen-bond donors (Lipinski definition) is 2. The van der Waals surface area contributed by atoms with Crippen molar-refractivity contribution >= 4 is 0 Å². The molecule has 0 spiro atoms. The third-order valence-electron chi connectivity index (χ3n) is 1.40. The molecule has 1 aliphatic heterocycles. The van der Waals surface area contributed by atoms with Crippen molar-refractivity contribution in [3.8, 4) is 0 Å². The van der Waals surface area contributed by atoms with Crippen LogP contribution in [-0.2, 0) is 4.74 Å². The Kier molecular flexibility index (Phi) is 2.97. The summed E-state index contributed by atoms with van der Waals surface area (Å²) in [4.78, 5) is 0. The lowest BCUT2D eigenvalue weighted by atomic mass is 10.3. The van der Waals surface area contributed by atoms with Gasteiger partial charge in [0.25, 0.3) is 0 Å². The molecule has 54 valence electrons. The predicted octanol–water partition coefficient (Wildman–Crippen LogP) is -0.295. The van der Waals surface area contributed by atoms with Crippen LogP contribution in [0.2, 0.25) is 0 Å². The third-order valence-corrected chi connectivity index (χ3v) is 1.40. The molecule has 0 amide bonds. The highest BCUT2D eigenvalue weighted by Crippen LogP contribution is 1.99. The molecular formula is C6H13NO2. The van der Waals surface area contributed by atoms with E-state index >= 15 is 0 Å². The van der Waals surface area contributed by atoms with Gasteiger partial charge in [-0.25, -0.2) is 0 Å². The third kappa shape index (κ3) is 2.30. The van der Waals surface area contributed by atoms with Crippen LogP contribution in [0.1, 0.15) is 12.8 Å². The van der Waals surface area contributed by atoms with Crippen LogP contribution in [0.5, 0.6) is 0 Å². The van der Waals surface area contributed by atoms with E-state index in [1.165, 1.54) is 0 Å². The van der Waals surface area contributed by atoms with Gasteiger partial charge in [0, 0.05) is 19.6 Å². The Bertz CT molecular complexity index is 68.7. The highest BCUT2D eigenvalue weighted by atomic mass is 16.5. The molecule has 0 aromatic carbocycles. The van der Waals surface area contributed by atoms with Crippen LogP contribution in [-0.4, -0.2) is 31.1 Å². The fourth-order valence-electron chi connectivity index (χ4n) is 0.922. The lowest BCUT2D eigenvalue weighted by Crippen LogP contribution is -2.38.